The molecule has 4 nitrogen and oxygen atoms in total. The maximum atomic E-state index is 11.6. The van der Waals surface area contributed by atoms with E-state index in [1.54, 1.807) is 0 Å². The first-order valence-electron chi connectivity index (χ1n) is 5.95. The van der Waals surface area contributed by atoms with Crippen molar-refractivity contribution in [2.24, 2.45) is 11.8 Å². The van der Waals surface area contributed by atoms with E-state index in [0.717, 1.165) is 0 Å². The van der Waals surface area contributed by atoms with Gasteiger partial charge in [0.15, 0.2) is 0 Å². The highest BCUT2D eigenvalue weighted by Crippen LogP contribution is 2.07. The highest BCUT2D eigenvalue weighted by atomic mass is 32.2. The topological polar surface area (TPSA) is 58.2 Å². The fraction of sp³-hybridized carbons (Fsp3) is 1.00. The summed E-state index contributed by atoms with van der Waals surface area (Å²) in [6.45, 7) is 11.3. The van der Waals surface area contributed by atoms with E-state index in [1.165, 1.54) is 0 Å². The van der Waals surface area contributed by atoms with Crippen LogP contribution in [0.25, 0.3) is 0 Å². The van der Waals surface area contributed by atoms with Gasteiger partial charge in [-0.2, -0.15) is 0 Å². The standard InChI is InChI=1S/C11H26N2O2S/c1-9(2)11(5)8-13-16(14,15)7-6-12-10(3)4/h9-13H,6-8H2,1-5H3. The molecule has 1 unspecified atom stereocenters. The third-order valence-corrected chi connectivity index (χ3v) is 4.03. The average molecular weight is 250 g/mol. The van der Waals surface area contributed by atoms with Gasteiger partial charge in [-0.1, -0.05) is 34.6 Å². The minimum atomic E-state index is -3.12. The summed E-state index contributed by atoms with van der Waals surface area (Å²) < 4.78 is 25.8. The normalized spacial score (nSPS) is 14.7. The molecule has 0 bridgehead atoms. The minimum absolute atomic E-state index is 0.149. The molecule has 0 amide bonds. The van der Waals surface area contributed by atoms with Crippen LogP contribution >= 0.6 is 0 Å². The Kier molecular flexibility index (Phi) is 7.19. The Bertz CT molecular complexity index is 274. The Morgan fingerprint density at radius 3 is 2.06 bits per heavy atom. The van der Waals surface area contributed by atoms with Gasteiger partial charge in [-0.25, -0.2) is 13.1 Å². The molecule has 0 aromatic rings. The molecule has 0 heterocycles. The molecular formula is C11H26N2O2S. The molecule has 5 heteroatoms. The Morgan fingerprint density at radius 1 is 1.06 bits per heavy atom. The van der Waals surface area contributed by atoms with Crippen LogP contribution in [0.1, 0.15) is 34.6 Å². The van der Waals surface area contributed by atoms with Gasteiger partial charge in [0.1, 0.15) is 0 Å². The molecule has 0 aliphatic carbocycles. The molecule has 0 fully saturated rings. The number of hydrogen-bond donors (Lipinski definition) is 2. The summed E-state index contributed by atoms with van der Waals surface area (Å²) in [7, 11) is -3.12. The lowest BCUT2D eigenvalue weighted by Gasteiger charge is -2.16. The molecule has 16 heavy (non-hydrogen) atoms. The Morgan fingerprint density at radius 2 is 1.62 bits per heavy atom. The van der Waals surface area contributed by atoms with Crippen molar-refractivity contribution in [3.8, 4) is 0 Å². The molecule has 0 aromatic carbocycles. The van der Waals surface area contributed by atoms with E-state index in [0.29, 0.717) is 31.0 Å². The summed E-state index contributed by atoms with van der Waals surface area (Å²) >= 11 is 0. The zero-order chi connectivity index (χ0) is 12.8. The molecular weight excluding hydrogens is 224 g/mol. The number of hydrogen-bond acceptors (Lipinski definition) is 3. The van der Waals surface area contributed by atoms with Gasteiger partial charge in [-0.15, -0.1) is 0 Å². The first-order valence-corrected chi connectivity index (χ1v) is 7.60. The maximum Gasteiger partial charge on any atom is 0.212 e. The lowest BCUT2D eigenvalue weighted by Crippen LogP contribution is -2.36. The van der Waals surface area contributed by atoms with E-state index in [-0.39, 0.29) is 5.75 Å². The van der Waals surface area contributed by atoms with Gasteiger partial charge in [0.2, 0.25) is 10.0 Å². The first kappa shape index (κ1) is 15.9. The van der Waals surface area contributed by atoms with Crippen molar-refractivity contribution in [2.75, 3.05) is 18.8 Å². The lowest BCUT2D eigenvalue weighted by molar-refractivity contribution is 0.414. The smallest absolute Gasteiger partial charge is 0.212 e. The van der Waals surface area contributed by atoms with Gasteiger partial charge in [-0.05, 0) is 11.8 Å². The van der Waals surface area contributed by atoms with Crippen LogP contribution in [0, 0.1) is 11.8 Å². The number of sulfonamides is 1. The molecule has 0 spiro atoms. The van der Waals surface area contributed by atoms with E-state index < -0.39 is 10.0 Å². The van der Waals surface area contributed by atoms with Crippen molar-refractivity contribution < 1.29 is 8.42 Å². The third kappa shape index (κ3) is 8.07. The van der Waals surface area contributed by atoms with E-state index in [4.69, 9.17) is 0 Å². The van der Waals surface area contributed by atoms with Crippen LogP contribution < -0.4 is 10.0 Å². The predicted octanol–water partition coefficient (Wildman–Crippen LogP) is 1.20. The molecule has 98 valence electrons. The van der Waals surface area contributed by atoms with Crippen LogP contribution in [0.4, 0.5) is 0 Å². The van der Waals surface area contributed by atoms with E-state index >= 15 is 0 Å². The van der Waals surface area contributed by atoms with Crippen molar-refractivity contribution in [2.45, 2.75) is 40.7 Å². The largest absolute Gasteiger partial charge is 0.313 e. The van der Waals surface area contributed by atoms with Crippen LogP contribution in [0.2, 0.25) is 0 Å². The Balaban J connectivity index is 3.88. The van der Waals surface area contributed by atoms with Crippen molar-refractivity contribution in [3.05, 3.63) is 0 Å². The maximum absolute atomic E-state index is 11.6. The van der Waals surface area contributed by atoms with Crippen LogP contribution in [0.5, 0.6) is 0 Å². The number of nitrogens with one attached hydrogen (secondary N) is 2. The van der Waals surface area contributed by atoms with Gasteiger partial charge in [0, 0.05) is 19.1 Å². The molecule has 0 saturated carbocycles. The van der Waals surface area contributed by atoms with Gasteiger partial charge in [0.05, 0.1) is 5.75 Å². The van der Waals surface area contributed by atoms with Gasteiger partial charge < -0.3 is 5.32 Å². The zero-order valence-corrected chi connectivity index (χ0v) is 11.9. The molecule has 1 atom stereocenters. The van der Waals surface area contributed by atoms with Crippen LogP contribution in [0.3, 0.4) is 0 Å². The van der Waals surface area contributed by atoms with E-state index in [1.807, 2.05) is 13.8 Å². The molecule has 0 radical (unpaired) electrons. The average Bonchev–Trinajstić information content (AvgIpc) is 2.13. The second-order valence-electron chi connectivity index (χ2n) is 5.00. The minimum Gasteiger partial charge on any atom is -0.313 e. The SMILES string of the molecule is CC(C)NCCS(=O)(=O)NCC(C)C(C)C. The van der Waals surface area contributed by atoms with Crippen LogP contribution in [0.15, 0.2) is 0 Å². The third-order valence-electron chi connectivity index (χ3n) is 2.69. The van der Waals surface area contributed by atoms with Gasteiger partial charge in [-0.3, -0.25) is 0 Å². The Labute approximate surface area is 100 Å². The Hall–Kier alpha value is -0.130. The summed E-state index contributed by atoms with van der Waals surface area (Å²) in [4.78, 5) is 0. The molecule has 2 N–H and O–H groups in total. The van der Waals surface area contributed by atoms with Crippen LogP contribution in [-0.2, 0) is 10.0 Å². The summed E-state index contributed by atoms with van der Waals surface area (Å²) in [5.74, 6) is 1.01. The van der Waals surface area contributed by atoms with Crippen molar-refractivity contribution >= 4 is 10.0 Å². The van der Waals surface area contributed by atoms with Crippen molar-refractivity contribution in [3.63, 3.8) is 0 Å². The lowest BCUT2D eigenvalue weighted by atomic mass is 9.99. The highest BCUT2D eigenvalue weighted by Gasteiger charge is 2.13. The second kappa shape index (κ2) is 7.25. The van der Waals surface area contributed by atoms with Crippen LogP contribution in [-0.4, -0.2) is 33.3 Å². The molecule has 0 rings (SSSR count). The summed E-state index contributed by atoms with van der Waals surface area (Å²) in [5.41, 5.74) is 0. The quantitative estimate of drug-likeness (QED) is 0.680. The zero-order valence-electron chi connectivity index (χ0n) is 11.1. The summed E-state index contributed by atoms with van der Waals surface area (Å²) in [6.07, 6.45) is 0. The van der Waals surface area contributed by atoms with Gasteiger partial charge in [0.25, 0.3) is 0 Å². The molecule has 0 aliphatic heterocycles. The summed E-state index contributed by atoms with van der Waals surface area (Å²) in [6, 6.07) is 0.324. The highest BCUT2D eigenvalue weighted by molar-refractivity contribution is 7.89. The van der Waals surface area contributed by atoms with Gasteiger partial charge >= 0.3 is 0 Å². The molecule has 0 aliphatic rings. The monoisotopic (exact) mass is 250 g/mol. The van der Waals surface area contributed by atoms with E-state index in [9.17, 15) is 8.42 Å². The first-order chi connectivity index (χ1) is 7.24. The summed E-state index contributed by atoms with van der Waals surface area (Å²) in [5, 5.41) is 3.09. The fourth-order valence-electron chi connectivity index (χ4n) is 1.05. The number of rotatable bonds is 8. The van der Waals surface area contributed by atoms with Crippen molar-refractivity contribution in [1.29, 1.82) is 0 Å². The predicted molar refractivity (Wildman–Crippen MR) is 68.9 cm³/mol. The second-order valence-corrected chi connectivity index (χ2v) is 6.92. The molecule has 0 aromatic heterocycles. The molecule has 0 saturated heterocycles. The van der Waals surface area contributed by atoms with E-state index in [2.05, 4.69) is 30.8 Å². The van der Waals surface area contributed by atoms with Crippen molar-refractivity contribution in [1.82, 2.24) is 10.0 Å². The fourth-order valence-corrected chi connectivity index (χ4v) is 2.10.